The Morgan fingerprint density at radius 1 is 1.16 bits per heavy atom. The number of benzene rings is 1. The zero-order valence-corrected chi connectivity index (χ0v) is 14.8. The van der Waals surface area contributed by atoms with Gasteiger partial charge in [0.25, 0.3) is 0 Å². The summed E-state index contributed by atoms with van der Waals surface area (Å²) < 4.78 is 5.52. The predicted molar refractivity (Wildman–Crippen MR) is 102 cm³/mol. The van der Waals surface area contributed by atoms with Crippen LogP contribution in [0.1, 0.15) is 6.42 Å². The molecule has 0 unspecified atom stereocenters. The number of carbonyl (C=O) groups excluding carboxylic acids is 1. The van der Waals surface area contributed by atoms with E-state index in [0.717, 1.165) is 37.6 Å². The van der Waals surface area contributed by atoms with Crippen molar-refractivity contribution < 1.29 is 9.53 Å². The molecule has 2 aromatic rings. The first-order valence-corrected chi connectivity index (χ1v) is 8.21. The summed E-state index contributed by atoms with van der Waals surface area (Å²) in [5.41, 5.74) is 1.09. The van der Waals surface area contributed by atoms with Gasteiger partial charge in [0.1, 0.15) is 11.6 Å². The fourth-order valence-corrected chi connectivity index (χ4v) is 2.55. The van der Waals surface area contributed by atoms with Gasteiger partial charge in [-0.05, 0) is 24.3 Å². The van der Waals surface area contributed by atoms with Crippen LogP contribution in [0.3, 0.4) is 0 Å². The Bertz CT molecular complexity index is 646. The van der Waals surface area contributed by atoms with E-state index in [-0.39, 0.29) is 24.7 Å². The number of nitrogens with one attached hydrogen (secondary N) is 2. The number of hydrogen-bond donors (Lipinski definition) is 2. The molecule has 0 bridgehead atoms. The number of halogens is 1. The minimum atomic E-state index is -0.103. The van der Waals surface area contributed by atoms with Crippen molar-refractivity contribution in [2.45, 2.75) is 6.42 Å². The lowest BCUT2D eigenvalue weighted by Gasteiger charge is -2.29. The number of ether oxygens (including phenoxy) is 1. The Morgan fingerprint density at radius 3 is 2.60 bits per heavy atom. The van der Waals surface area contributed by atoms with Gasteiger partial charge in [0, 0.05) is 26.2 Å². The molecule has 1 amide bonds. The van der Waals surface area contributed by atoms with Crippen molar-refractivity contribution in [3.63, 3.8) is 0 Å². The average Bonchev–Trinajstić information content (AvgIpc) is 2.64. The van der Waals surface area contributed by atoms with Gasteiger partial charge in [-0.3, -0.25) is 4.79 Å². The maximum atomic E-state index is 11.9. The molecule has 134 valence electrons. The van der Waals surface area contributed by atoms with Gasteiger partial charge in [-0.15, -0.1) is 12.4 Å². The third-order valence-electron chi connectivity index (χ3n) is 3.84. The van der Waals surface area contributed by atoms with Crippen LogP contribution in [0.25, 0.3) is 0 Å². The van der Waals surface area contributed by atoms with Crippen LogP contribution in [0, 0.1) is 0 Å². The molecule has 6 nitrogen and oxygen atoms in total. The summed E-state index contributed by atoms with van der Waals surface area (Å²) in [5, 5.41) is 6.12. The molecular weight excluding hydrogens is 340 g/mol. The van der Waals surface area contributed by atoms with Crippen LogP contribution in [0.2, 0.25) is 0 Å². The molecule has 1 aromatic heterocycles. The summed E-state index contributed by atoms with van der Waals surface area (Å²) >= 11 is 0. The molecule has 3 rings (SSSR count). The van der Waals surface area contributed by atoms with Crippen LogP contribution < -0.4 is 20.3 Å². The Kier molecular flexibility index (Phi) is 7.50. The smallest absolute Gasteiger partial charge is 0.228 e. The molecule has 0 aliphatic carbocycles. The van der Waals surface area contributed by atoms with Gasteiger partial charge in [-0.1, -0.05) is 18.2 Å². The third kappa shape index (κ3) is 5.92. The van der Waals surface area contributed by atoms with Crippen LogP contribution in [-0.4, -0.2) is 43.7 Å². The van der Waals surface area contributed by atoms with E-state index < -0.39 is 0 Å². The molecule has 0 saturated carbocycles. The first-order chi connectivity index (χ1) is 11.8. The first kappa shape index (κ1) is 19.0. The Morgan fingerprint density at radius 2 is 1.92 bits per heavy atom. The van der Waals surface area contributed by atoms with E-state index in [9.17, 15) is 4.79 Å². The monoisotopic (exact) mass is 362 g/mol. The van der Waals surface area contributed by atoms with Gasteiger partial charge in [-0.2, -0.15) is 0 Å². The van der Waals surface area contributed by atoms with Crippen molar-refractivity contribution in [1.82, 2.24) is 10.3 Å². The number of para-hydroxylation sites is 1. The van der Waals surface area contributed by atoms with E-state index in [0.29, 0.717) is 12.4 Å². The summed E-state index contributed by atoms with van der Waals surface area (Å²) in [6.45, 7) is 4.27. The maximum Gasteiger partial charge on any atom is 0.228 e. The second kappa shape index (κ2) is 9.86. The van der Waals surface area contributed by atoms with Crippen LogP contribution in [0.5, 0.6) is 5.75 Å². The molecule has 2 N–H and O–H groups in total. The minimum Gasteiger partial charge on any atom is -0.493 e. The molecule has 1 fully saturated rings. The summed E-state index contributed by atoms with van der Waals surface area (Å²) in [4.78, 5) is 18.5. The molecule has 25 heavy (non-hydrogen) atoms. The number of nitrogens with zero attached hydrogens (tertiary/aromatic N) is 2. The molecule has 1 aromatic carbocycles. The van der Waals surface area contributed by atoms with Crippen molar-refractivity contribution in [3.8, 4) is 5.75 Å². The molecule has 1 aliphatic heterocycles. The van der Waals surface area contributed by atoms with Crippen LogP contribution in [0.4, 0.5) is 11.5 Å². The Hall–Kier alpha value is -2.31. The lowest BCUT2D eigenvalue weighted by Crippen LogP contribution is -2.43. The van der Waals surface area contributed by atoms with E-state index in [1.807, 2.05) is 42.5 Å². The second-order valence-corrected chi connectivity index (χ2v) is 5.60. The van der Waals surface area contributed by atoms with Gasteiger partial charge in [0.15, 0.2) is 0 Å². The molecule has 0 spiro atoms. The number of rotatable bonds is 6. The highest BCUT2D eigenvalue weighted by Gasteiger charge is 2.11. The normalized spacial score (nSPS) is 13.7. The third-order valence-corrected chi connectivity index (χ3v) is 3.84. The van der Waals surface area contributed by atoms with E-state index in [4.69, 9.17) is 4.74 Å². The summed E-state index contributed by atoms with van der Waals surface area (Å²) in [7, 11) is 0. The first-order valence-electron chi connectivity index (χ1n) is 8.21. The number of anilines is 2. The number of aromatic nitrogens is 1. The van der Waals surface area contributed by atoms with Crippen LogP contribution in [-0.2, 0) is 4.79 Å². The van der Waals surface area contributed by atoms with Gasteiger partial charge in [-0.25, -0.2) is 4.98 Å². The highest BCUT2D eigenvalue weighted by molar-refractivity contribution is 5.89. The highest BCUT2D eigenvalue weighted by Crippen LogP contribution is 2.15. The SMILES string of the molecule is Cl.O=C(CCOc1ccccc1)Nc1ccc(N2CCNCC2)cn1. The minimum absolute atomic E-state index is 0. The molecular formula is C18H23ClN4O2. The molecule has 7 heteroatoms. The number of amides is 1. The summed E-state index contributed by atoms with van der Waals surface area (Å²) in [6, 6.07) is 13.3. The number of piperazine rings is 1. The quantitative estimate of drug-likeness (QED) is 0.825. The van der Waals surface area contributed by atoms with Gasteiger partial charge < -0.3 is 20.3 Å². The zero-order chi connectivity index (χ0) is 16.6. The van der Waals surface area contributed by atoms with E-state index in [1.54, 1.807) is 6.20 Å². The topological polar surface area (TPSA) is 66.5 Å². The Labute approximate surface area is 154 Å². The lowest BCUT2D eigenvalue weighted by atomic mass is 10.3. The largest absolute Gasteiger partial charge is 0.493 e. The zero-order valence-electron chi connectivity index (χ0n) is 14.0. The maximum absolute atomic E-state index is 11.9. The number of hydrogen-bond acceptors (Lipinski definition) is 5. The van der Waals surface area contributed by atoms with E-state index in [1.165, 1.54) is 0 Å². The summed E-state index contributed by atoms with van der Waals surface area (Å²) in [6.07, 6.45) is 2.09. The van der Waals surface area contributed by atoms with Crippen LogP contribution in [0.15, 0.2) is 48.7 Å². The number of carbonyl (C=O) groups is 1. The molecule has 1 saturated heterocycles. The van der Waals surface area contributed by atoms with Crippen molar-refractivity contribution in [3.05, 3.63) is 48.7 Å². The number of pyridine rings is 1. The van der Waals surface area contributed by atoms with Gasteiger partial charge >= 0.3 is 0 Å². The van der Waals surface area contributed by atoms with E-state index in [2.05, 4.69) is 20.5 Å². The van der Waals surface area contributed by atoms with Crippen LogP contribution >= 0.6 is 12.4 Å². The van der Waals surface area contributed by atoms with Crippen molar-refractivity contribution in [2.75, 3.05) is 43.0 Å². The van der Waals surface area contributed by atoms with Crippen molar-refractivity contribution >= 4 is 29.8 Å². The Balaban J connectivity index is 0.00000225. The molecule has 1 aliphatic rings. The standard InChI is InChI=1S/C18H22N4O2.ClH/c23-18(8-13-24-16-4-2-1-3-5-16)21-17-7-6-15(14-20-17)22-11-9-19-10-12-22;/h1-7,14,19H,8-13H2,(H,20,21,23);1H. The lowest BCUT2D eigenvalue weighted by molar-refractivity contribution is -0.116. The molecule has 0 atom stereocenters. The van der Waals surface area contributed by atoms with Crippen molar-refractivity contribution in [2.24, 2.45) is 0 Å². The fraction of sp³-hybridized carbons (Fsp3) is 0.333. The average molecular weight is 363 g/mol. The van der Waals surface area contributed by atoms with Gasteiger partial charge in [0.05, 0.1) is 24.9 Å². The highest BCUT2D eigenvalue weighted by atomic mass is 35.5. The van der Waals surface area contributed by atoms with Gasteiger partial charge in [0.2, 0.25) is 5.91 Å². The molecule has 0 radical (unpaired) electrons. The second-order valence-electron chi connectivity index (χ2n) is 5.60. The fourth-order valence-electron chi connectivity index (χ4n) is 2.55. The van der Waals surface area contributed by atoms with E-state index >= 15 is 0 Å². The summed E-state index contributed by atoms with van der Waals surface area (Å²) in [5.74, 6) is 1.23. The predicted octanol–water partition coefficient (Wildman–Crippen LogP) is 2.32. The molecule has 2 heterocycles. The van der Waals surface area contributed by atoms with Crippen molar-refractivity contribution in [1.29, 1.82) is 0 Å².